The van der Waals surface area contributed by atoms with Crippen molar-refractivity contribution >= 4 is 22.1 Å². The van der Waals surface area contributed by atoms with E-state index < -0.39 is 33.7 Å². The molecule has 7 nitrogen and oxygen atoms in total. The molecule has 8 heteroatoms. The molecule has 0 saturated carbocycles. The summed E-state index contributed by atoms with van der Waals surface area (Å²) in [4.78, 5) is 24.3. The van der Waals surface area contributed by atoms with Gasteiger partial charge in [-0.15, -0.1) is 0 Å². The molecule has 166 valence electrons. The monoisotopic (exact) mass is 422 g/mol. The van der Waals surface area contributed by atoms with E-state index in [0.717, 1.165) is 51.4 Å². The predicted octanol–water partition coefficient (Wildman–Crippen LogP) is 4.15. The van der Waals surface area contributed by atoms with Crippen molar-refractivity contribution in [3.05, 3.63) is 0 Å². The van der Waals surface area contributed by atoms with Gasteiger partial charge in [0.25, 0.3) is 10.1 Å². The van der Waals surface area contributed by atoms with Crippen LogP contribution in [0, 0.1) is 11.8 Å². The normalized spacial score (nSPS) is 13.0. The molecule has 0 amide bonds. The average Bonchev–Trinajstić information content (AvgIpc) is 2.61. The van der Waals surface area contributed by atoms with Crippen LogP contribution in [0.5, 0.6) is 0 Å². The molecule has 0 aromatic heterocycles. The summed E-state index contributed by atoms with van der Waals surface area (Å²) in [5.74, 6) is -1.58. The lowest BCUT2D eigenvalue weighted by atomic mass is 9.99. The van der Waals surface area contributed by atoms with Crippen LogP contribution in [-0.2, 0) is 29.2 Å². The number of hydrogen-bond acceptors (Lipinski definition) is 6. The van der Waals surface area contributed by atoms with Gasteiger partial charge in [0.05, 0.1) is 19.6 Å². The second-order valence-electron chi connectivity index (χ2n) is 7.41. The van der Waals surface area contributed by atoms with Crippen molar-refractivity contribution in [3.63, 3.8) is 0 Å². The molecule has 0 aliphatic carbocycles. The Balaban J connectivity index is 4.81. The Morgan fingerprint density at radius 1 is 0.786 bits per heavy atom. The van der Waals surface area contributed by atoms with Crippen LogP contribution in [0.1, 0.15) is 85.5 Å². The van der Waals surface area contributed by atoms with Crippen LogP contribution in [0.3, 0.4) is 0 Å². The molecule has 1 unspecified atom stereocenters. The first-order valence-corrected chi connectivity index (χ1v) is 12.0. The second-order valence-corrected chi connectivity index (χ2v) is 9.01. The van der Waals surface area contributed by atoms with Crippen molar-refractivity contribution in [2.45, 2.75) is 90.7 Å². The van der Waals surface area contributed by atoms with Crippen molar-refractivity contribution in [2.24, 2.45) is 11.8 Å². The largest absolute Gasteiger partial charge is 0.465 e. The summed E-state index contributed by atoms with van der Waals surface area (Å²) >= 11 is 0. The zero-order chi connectivity index (χ0) is 21.6. The fourth-order valence-corrected chi connectivity index (χ4v) is 3.94. The van der Waals surface area contributed by atoms with E-state index in [-0.39, 0.29) is 25.0 Å². The van der Waals surface area contributed by atoms with Gasteiger partial charge in [-0.05, 0) is 37.5 Å². The Kier molecular flexibility index (Phi) is 14.2. The number of rotatable bonds is 16. The van der Waals surface area contributed by atoms with Gasteiger partial charge in [-0.1, -0.05) is 53.4 Å². The van der Waals surface area contributed by atoms with Crippen molar-refractivity contribution in [2.75, 3.05) is 13.2 Å². The molecular weight excluding hydrogens is 384 g/mol. The van der Waals surface area contributed by atoms with Crippen LogP contribution in [0.15, 0.2) is 0 Å². The molecule has 0 saturated heterocycles. The molecule has 1 atom stereocenters. The molecule has 0 aromatic carbocycles. The predicted molar refractivity (Wildman–Crippen MR) is 108 cm³/mol. The number of ether oxygens (including phenoxy) is 2. The SMILES string of the molecule is CCCC(CCC)COC(=O)CC(C(=O)OCC(CCC)CCC)S(=O)(=O)O. The number of carbonyl (C=O) groups is 2. The van der Waals surface area contributed by atoms with E-state index in [1.54, 1.807) is 0 Å². The van der Waals surface area contributed by atoms with Gasteiger partial charge in [-0.2, -0.15) is 8.42 Å². The molecule has 0 fully saturated rings. The summed E-state index contributed by atoms with van der Waals surface area (Å²) < 4.78 is 42.8. The van der Waals surface area contributed by atoms with Gasteiger partial charge < -0.3 is 9.47 Å². The molecule has 0 heterocycles. The Bertz CT molecular complexity index is 533. The van der Waals surface area contributed by atoms with Gasteiger partial charge in [0.2, 0.25) is 0 Å². The standard InChI is InChI=1S/C20H38O7S/c1-5-9-16(10-6-2)14-26-19(21)13-18(28(23,24)25)20(22)27-15-17(11-7-3)12-8-4/h16-18H,5-15H2,1-4H3,(H,23,24,25). The first kappa shape index (κ1) is 26.9. The lowest BCUT2D eigenvalue weighted by Gasteiger charge is -2.19. The number of hydrogen-bond donors (Lipinski definition) is 1. The number of carbonyl (C=O) groups excluding carboxylic acids is 2. The quantitative estimate of drug-likeness (QED) is 0.294. The van der Waals surface area contributed by atoms with Crippen LogP contribution >= 0.6 is 0 Å². The maximum atomic E-state index is 12.2. The van der Waals surface area contributed by atoms with Gasteiger partial charge in [0, 0.05) is 0 Å². The first-order chi connectivity index (χ1) is 13.2. The molecule has 28 heavy (non-hydrogen) atoms. The Hall–Kier alpha value is -1.15. The van der Waals surface area contributed by atoms with E-state index in [0.29, 0.717) is 0 Å². The van der Waals surface area contributed by atoms with Crippen molar-refractivity contribution in [1.82, 2.24) is 0 Å². The maximum absolute atomic E-state index is 12.2. The van der Waals surface area contributed by atoms with Crippen LogP contribution in [0.4, 0.5) is 0 Å². The molecule has 0 spiro atoms. The highest BCUT2D eigenvalue weighted by Crippen LogP contribution is 2.17. The molecular formula is C20H38O7S. The van der Waals surface area contributed by atoms with E-state index in [9.17, 15) is 22.6 Å². The topological polar surface area (TPSA) is 107 Å². The molecule has 0 aromatic rings. The van der Waals surface area contributed by atoms with E-state index >= 15 is 0 Å². The first-order valence-electron chi connectivity index (χ1n) is 10.5. The van der Waals surface area contributed by atoms with E-state index in [2.05, 4.69) is 0 Å². The van der Waals surface area contributed by atoms with Gasteiger partial charge in [-0.3, -0.25) is 14.1 Å². The molecule has 0 aliphatic heterocycles. The van der Waals surface area contributed by atoms with Crippen LogP contribution in [-0.4, -0.2) is 43.4 Å². The lowest BCUT2D eigenvalue weighted by Crippen LogP contribution is -2.35. The highest BCUT2D eigenvalue weighted by molar-refractivity contribution is 7.87. The van der Waals surface area contributed by atoms with E-state index in [1.165, 1.54) is 0 Å². The zero-order valence-electron chi connectivity index (χ0n) is 17.8. The van der Waals surface area contributed by atoms with Crippen molar-refractivity contribution < 1.29 is 32.0 Å². The second kappa shape index (κ2) is 14.8. The summed E-state index contributed by atoms with van der Waals surface area (Å²) in [7, 11) is -4.77. The summed E-state index contributed by atoms with van der Waals surface area (Å²) in [6.45, 7) is 8.38. The third kappa shape index (κ3) is 11.6. The zero-order valence-corrected chi connectivity index (χ0v) is 18.6. The van der Waals surface area contributed by atoms with E-state index in [4.69, 9.17) is 9.47 Å². The molecule has 0 rings (SSSR count). The Morgan fingerprint density at radius 2 is 1.18 bits per heavy atom. The van der Waals surface area contributed by atoms with Gasteiger partial charge in [-0.25, -0.2) is 0 Å². The fraction of sp³-hybridized carbons (Fsp3) is 0.900. The molecule has 0 bridgehead atoms. The third-order valence-corrected chi connectivity index (χ3v) is 5.78. The highest BCUT2D eigenvalue weighted by Gasteiger charge is 2.36. The van der Waals surface area contributed by atoms with Gasteiger partial charge in [0.1, 0.15) is 0 Å². The van der Waals surface area contributed by atoms with Crippen LogP contribution in [0.25, 0.3) is 0 Å². The number of esters is 2. The lowest BCUT2D eigenvalue weighted by molar-refractivity contribution is -0.151. The molecule has 0 radical (unpaired) electrons. The summed E-state index contributed by atoms with van der Waals surface area (Å²) in [6.07, 6.45) is 6.54. The van der Waals surface area contributed by atoms with Gasteiger partial charge >= 0.3 is 11.9 Å². The van der Waals surface area contributed by atoms with Crippen LogP contribution < -0.4 is 0 Å². The molecule has 0 aliphatic rings. The average molecular weight is 423 g/mol. The smallest absolute Gasteiger partial charge is 0.327 e. The van der Waals surface area contributed by atoms with Crippen molar-refractivity contribution in [3.8, 4) is 0 Å². The molecule has 1 N–H and O–H groups in total. The van der Waals surface area contributed by atoms with Crippen molar-refractivity contribution in [1.29, 1.82) is 0 Å². The summed E-state index contributed by atoms with van der Waals surface area (Å²) in [5.41, 5.74) is 0. The van der Waals surface area contributed by atoms with Gasteiger partial charge in [0.15, 0.2) is 5.25 Å². The fourth-order valence-electron chi connectivity index (χ4n) is 3.28. The highest BCUT2D eigenvalue weighted by atomic mass is 32.2. The minimum Gasteiger partial charge on any atom is -0.465 e. The van der Waals surface area contributed by atoms with Crippen LogP contribution in [0.2, 0.25) is 0 Å². The summed E-state index contributed by atoms with van der Waals surface area (Å²) in [5, 5.41) is -1.94. The Labute approximate surface area is 170 Å². The third-order valence-electron chi connectivity index (χ3n) is 4.70. The summed E-state index contributed by atoms with van der Waals surface area (Å²) in [6, 6.07) is 0. The Morgan fingerprint density at radius 3 is 1.54 bits per heavy atom. The van der Waals surface area contributed by atoms with E-state index in [1.807, 2.05) is 27.7 Å². The minimum absolute atomic E-state index is 0.0800. The minimum atomic E-state index is -4.77. The maximum Gasteiger partial charge on any atom is 0.327 e.